The number of nitro groups is 1. The van der Waals surface area contributed by atoms with Gasteiger partial charge in [0.1, 0.15) is 0 Å². The molecule has 2 aliphatic heterocycles. The van der Waals surface area contributed by atoms with E-state index in [4.69, 9.17) is 5.11 Å². The van der Waals surface area contributed by atoms with Crippen LogP contribution in [0.15, 0.2) is 11.5 Å². The van der Waals surface area contributed by atoms with E-state index in [2.05, 4.69) is 5.32 Å². The van der Waals surface area contributed by atoms with Crippen LogP contribution in [0.2, 0.25) is 0 Å². The molecule has 1 unspecified atom stereocenters. The van der Waals surface area contributed by atoms with Gasteiger partial charge in [-0.2, -0.15) is 0 Å². The number of rotatable bonds is 3. The zero-order chi connectivity index (χ0) is 13.3. The summed E-state index contributed by atoms with van der Waals surface area (Å²) < 4.78 is 0. The highest BCUT2D eigenvalue weighted by molar-refractivity contribution is 5.85. The van der Waals surface area contributed by atoms with Gasteiger partial charge in [-0.1, -0.05) is 0 Å². The van der Waals surface area contributed by atoms with Gasteiger partial charge >= 0.3 is 5.97 Å². The minimum atomic E-state index is -1.12. The lowest BCUT2D eigenvalue weighted by molar-refractivity contribution is -0.432. The Labute approximate surface area is 102 Å². The Bertz CT molecular complexity index is 445. The van der Waals surface area contributed by atoms with Crippen molar-refractivity contribution < 1.29 is 19.6 Å². The summed E-state index contributed by atoms with van der Waals surface area (Å²) in [5.74, 6) is -2.07. The topological polar surface area (TPSA) is 113 Å². The van der Waals surface area contributed by atoms with E-state index in [9.17, 15) is 19.7 Å². The molecule has 2 N–H and O–H groups in total. The first kappa shape index (κ1) is 12.3. The molecule has 0 aromatic heterocycles. The molecule has 1 amide bonds. The minimum Gasteiger partial charge on any atom is -0.481 e. The van der Waals surface area contributed by atoms with E-state index in [1.54, 1.807) is 0 Å². The van der Waals surface area contributed by atoms with Gasteiger partial charge in [0.25, 0.3) is 5.70 Å². The van der Waals surface area contributed by atoms with E-state index in [1.165, 1.54) is 4.90 Å². The molecule has 0 aromatic carbocycles. The number of hydrogen-bond acceptors (Lipinski definition) is 5. The summed E-state index contributed by atoms with van der Waals surface area (Å²) in [7, 11) is 0. The van der Waals surface area contributed by atoms with Crippen molar-refractivity contribution in [2.45, 2.75) is 19.3 Å². The monoisotopic (exact) mass is 255 g/mol. The second-order valence-electron chi connectivity index (χ2n) is 4.32. The lowest BCUT2D eigenvalue weighted by atomic mass is 9.93. The molecule has 1 saturated heterocycles. The summed E-state index contributed by atoms with van der Waals surface area (Å²) in [4.78, 5) is 34.4. The number of carbonyl (C=O) groups excluding carboxylic acids is 1. The Morgan fingerprint density at radius 3 is 2.94 bits per heavy atom. The number of nitrogens with one attached hydrogen (secondary N) is 1. The average Bonchev–Trinajstić information content (AvgIpc) is 2.32. The molecule has 2 aliphatic rings. The molecular weight excluding hydrogens is 242 g/mol. The minimum absolute atomic E-state index is 0.0967. The van der Waals surface area contributed by atoms with E-state index >= 15 is 0 Å². The van der Waals surface area contributed by atoms with Crippen LogP contribution >= 0.6 is 0 Å². The number of allylic oxidation sites excluding steroid dienone is 1. The lowest BCUT2D eigenvalue weighted by Crippen LogP contribution is -2.50. The Morgan fingerprint density at radius 2 is 2.33 bits per heavy atom. The second-order valence-corrected chi connectivity index (χ2v) is 4.32. The van der Waals surface area contributed by atoms with Crippen LogP contribution in [0.25, 0.3) is 0 Å². The first-order valence-electron chi connectivity index (χ1n) is 5.65. The van der Waals surface area contributed by atoms with E-state index in [-0.39, 0.29) is 30.3 Å². The number of carbonyl (C=O) groups is 2. The van der Waals surface area contributed by atoms with Crippen LogP contribution in [0.3, 0.4) is 0 Å². The number of hydrogen-bond donors (Lipinski definition) is 2. The normalized spacial score (nSPS) is 23.4. The molecule has 0 aromatic rings. The van der Waals surface area contributed by atoms with Crippen LogP contribution in [-0.4, -0.2) is 39.9 Å². The van der Waals surface area contributed by atoms with Gasteiger partial charge in [-0.05, 0) is 6.42 Å². The molecular formula is C10H13N3O5. The number of amides is 1. The summed E-state index contributed by atoms with van der Waals surface area (Å²) in [5, 5.41) is 22.6. The van der Waals surface area contributed by atoms with E-state index < -0.39 is 16.8 Å². The van der Waals surface area contributed by atoms with Crippen LogP contribution < -0.4 is 5.32 Å². The van der Waals surface area contributed by atoms with Gasteiger partial charge in [-0.15, -0.1) is 0 Å². The highest BCUT2D eigenvalue weighted by atomic mass is 16.6. The molecule has 0 saturated carbocycles. The maximum atomic E-state index is 12.0. The van der Waals surface area contributed by atoms with E-state index in [0.29, 0.717) is 19.5 Å². The summed E-state index contributed by atoms with van der Waals surface area (Å²) in [6.07, 6.45) is 0.191. The molecule has 98 valence electrons. The largest absolute Gasteiger partial charge is 0.481 e. The zero-order valence-electron chi connectivity index (χ0n) is 9.59. The summed E-state index contributed by atoms with van der Waals surface area (Å²) in [5.41, 5.74) is -0.0967. The van der Waals surface area contributed by atoms with E-state index in [1.807, 2.05) is 0 Å². The third-order valence-corrected chi connectivity index (χ3v) is 3.09. The van der Waals surface area contributed by atoms with Crippen molar-refractivity contribution in [3.8, 4) is 0 Å². The first-order valence-corrected chi connectivity index (χ1v) is 5.65. The quantitative estimate of drug-likeness (QED) is 0.531. The van der Waals surface area contributed by atoms with Crippen molar-refractivity contribution in [1.29, 1.82) is 0 Å². The van der Waals surface area contributed by atoms with Gasteiger partial charge < -0.3 is 10.4 Å². The molecule has 8 heteroatoms. The molecule has 1 fully saturated rings. The fraction of sp³-hybridized carbons (Fsp3) is 0.600. The SMILES string of the molecule is O=C(O)CC1CC([N+](=O)[O-])=C2NCCCN2C1=O. The van der Waals surface area contributed by atoms with Crippen LogP contribution in [0, 0.1) is 16.0 Å². The van der Waals surface area contributed by atoms with E-state index in [0.717, 1.165) is 0 Å². The molecule has 0 aliphatic carbocycles. The fourth-order valence-electron chi connectivity index (χ4n) is 2.30. The third kappa shape index (κ3) is 2.13. The number of carboxylic acid groups (broad SMARTS) is 1. The van der Waals surface area contributed by atoms with Crippen molar-refractivity contribution in [3.63, 3.8) is 0 Å². The van der Waals surface area contributed by atoms with Crippen LogP contribution in [0.1, 0.15) is 19.3 Å². The maximum absolute atomic E-state index is 12.0. The summed E-state index contributed by atoms with van der Waals surface area (Å²) in [6.45, 7) is 0.981. The molecule has 0 bridgehead atoms. The zero-order valence-corrected chi connectivity index (χ0v) is 9.59. The average molecular weight is 255 g/mol. The van der Waals surface area contributed by atoms with Crippen LogP contribution in [0.5, 0.6) is 0 Å². The fourth-order valence-corrected chi connectivity index (χ4v) is 2.30. The van der Waals surface area contributed by atoms with Crippen LogP contribution in [0.4, 0.5) is 0 Å². The molecule has 8 nitrogen and oxygen atoms in total. The Morgan fingerprint density at radius 1 is 1.61 bits per heavy atom. The van der Waals surface area contributed by atoms with Gasteiger partial charge in [-0.25, -0.2) is 0 Å². The van der Waals surface area contributed by atoms with Crippen LogP contribution in [-0.2, 0) is 9.59 Å². The van der Waals surface area contributed by atoms with Gasteiger partial charge in [0.05, 0.1) is 23.7 Å². The summed E-state index contributed by atoms with van der Waals surface area (Å²) >= 11 is 0. The highest BCUT2D eigenvalue weighted by Gasteiger charge is 2.41. The Kier molecular flexibility index (Phi) is 3.17. The molecule has 0 radical (unpaired) electrons. The third-order valence-electron chi connectivity index (χ3n) is 3.09. The van der Waals surface area contributed by atoms with Gasteiger partial charge in [-0.3, -0.25) is 24.6 Å². The predicted molar refractivity (Wildman–Crippen MR) is 58.7 cm³/mol. The van der Waals surface area contributed by atoms with Crippen molar-refractivity contribution in [2.75, 3.05) is 13.1 Å². The Balaban J connectivity index is 2.33. The van der Waals surface area contributed by atoms with Gasteiger partial charge in [0, 0.05) is 13.1 Å². The number of aliphatic carboxylic acids is 1. The molecule has 0 spiro atoms. The van der Waals surface area contributed by atoms with Gasteiger partial charge in [0.15, 0.2) is 5.82 Å². The number of carboxylic acids is 1. The molecule has 2 heterocycles. The highest BCUT2D eigenvalue weighted by Crippen LogP contribution is 2.30. The van der Waals surface area contributed by atoms with Crippen molar-refractivity contribution >= 4 is 11.9 Å². The number of nitrogens with zero attached hydrogens (tertiary/aromatic N) is 2. The maximum Gasteiger partial charge on any atom is 0.304 e. The molecule has 18 heavy (non-hydrogen) atoms. The lowest BCUT2D eigenvalue weighted by Gasteiger charge is -2.35. The smallest absolute Gasteiger partial charge is 0.304 e. The second kappa shape index (κ2) is 4.63. The van der Waals surface area contributed by atoms with Crippen molar-refractivity contribution in [3.05, 3.63) is 21.6 Å². The number of fused-ring (bicyclic) bond motifs is 1. The molecule has 2 rings (SSSR count). The first-order chi connectivity index (χ1) is 8.50. The van der Waals surface area contributed by atoms with Gasteiger partial charge in [0.2, 0.25) is 5.91 Å². The standard InChI is InChI=1S/C10H13N3O5/c14-8(15)5-6-4-7(13(17)18)9-11-2-1-3-12(9)10(6)16/h6,11H,1-5H2,(H,14,15). The summed E-state index contributed by atoms with van der Waals surface area (Å²) in [6, 6.07) is 0. The predicted octanol–water partition coefficient (Wildman–Crippen LogP) is -0.251. The van der Waals surface area contributed by atoms with Crippen molar-refractivity contribution in [1.82, 2.24) is 10.2 Å². The molecule has 1 atom stereocenters. The Hall–Kier alpha value is -2.12. The van der Waals surface area contributed by atoms with Crippen molar-refractivity contribution in [2.24, 2.45) is 5.92 Å².